The number of aromatic nitrogens is 1. The van der Waals surface area contributed by atoms with E-state index in [1.807, 2.05) is 43.3 Å². The summed E-state index contributed by atoms with van der Waals surface area (Å²) in [5, 5.41) is 6.05. The molecule has 1 heterocycles. The second-order valence-electron chi connectivity index (χ2n) is 5.60. The second-order valence-corrected chi connectivity index (χ2v) is 5.60. The monoisotopic (exact) mass is 328 g/mol. The largest absolute Gasteiger partial charge is 0.385 e. The van der Waals surface area contributed by atoms with Crippen molar-refractivity contribution >= 4 is 23.1 Å². The highest BCUT2D eigenvalue weighted by Crippen LogP contribution is 2.16. The quantitative estimate of drug-likeness (QED) is 0.730. The molecule has 6 heteroatoms. The molecule has 1 aromatic carbocycles. The van der Waals surface area contributed by atoms with Gasteiger partial charge in [-0.1, -0.05) is 0 Å². The number of nitrogens with one attached hydrogen (secondary N) is 2. The van der Waals surface area contributed by atoms with Gasteiger partial charge in [0.05, 0.1) is 5.56 Å². The molecular formula is C18H24N4O2. The van der Waals surface area contributed by atoms with Gasteiger partial charge in [0.25, 0.3) is 5.91 Å². The first-order chi connectivity index (χ1) is 11.6. The number of ether oxygens (including phenoxy) is 1. The molecule has 1 aromatic heterocycles. The summed E-state index contributed by atoms with van der Waals surface area (Å²) >= 11 is 0. The summed E-state index contributed by atoms with van der Waals surface area (Å²) in [7, 11) is 5.63. The first kappa shape index (κ1) is 17.7. The Kier molecular flexibility index (Phi) is 6.57. The maximum absolute atomic E-state index is 12.2. The van der Waals surface area contributed by atoms with Crippen LogP contribution in [0.2, 0.25) is 0 Å². The summed E-state index contributed by atoms with van der Waals surface area (Å²) < 4.78 is 4.99. The molecule has 2 rings (SSSR count). The van der Waals surface area contributed by atoms with E-state index in [0.717, 1.165) is 30.2 Å². The molecule has 0 aliphatic carbocycles. The highest BCUT2D eigenvalue weighted by Gasteiger charge is 2.07. The molecule has 0 saturated heterocycles. The van der Waals surface area contributed by atoms with Gasteiger partial charge < -0.3 is 20.3 Å². The van der Waals surface area contributed by atoms with Crippen LogP contribution in [0, 0.1) is 0 Å². The molecule has 128 valence electrons. The summed E-state index contributed by atoms with van der Waals surface area (Å²) in [6.07, 6.45) is 2.48. The number of methoxy groups -OCH3 is 1. The van der Waals surface area contributed by atoms with Crippen LogP contribution < -0.4 is 15.5 Å². The van der Waals surface area contributed by atoms with Crippen molar-refractivity contribution in [3.05, 3.63) is 48.2 Å². The van der Waals surface area contributed by atoms with Crippen LogP contribution in [0.25, 0.3) is 0 Å². The lowest BCUT2D eigenvalue weighted by atomic mass is 10.2. The number of carbonyl (C=O) groups is 1. The fourth-order valence-corrected chi connectivity index (χ4v) is 2.11. The van der Waals surface area contributed by atoms with E-state index in [0.29, 0.717) is 12.2 Å². The van der Waals surface area contributed by atoms with Crippen molar-refractivity contribution in [2.45, 2.75) is 6.42 Å². The smallest absolute Gasteiger partial charge is 0.257 e. The number of amides is 1. The zero-order chi connectivity index (χ0) is 17.4. The SMILES string of the molecule is COCCCNc1ccc(C(=O)Nc2ccc(N(C)C)cc2)cn1. The molecule has 6 nitrogen and oxygen atoms in total. The number of nitrogens with zero attached hydrogens (tertiary/aromatic N) is 2. The zero-order valence-electron chi connectivity index (χ0n) is 14.4. The van der Waals surface area contributed by atoms with Crippen LogP contribution >= 0.6 is 0 Å². The summed E-state index contributed by atoms with van der Waals surface area (Å²) in [6.45, 7) is 1.49. The zero-order valence-corrected chi connectivity index (χ0v) is 14.4. The van der Waals surface area contributed by atoms with Gasteiger partial charge in [-0.3, -0.25) is 4.79 Å². The molecule has 2 aromatic rings. The Morgan fingerprint density at radius 1 is 1.17 bits per heavy atom. The lowest BCUT2D eigenvalue weighted by Crippen LogP contribution is -2.13. The van der Waals surface area contributed by atoms with Gasteiger partial charge in [0.1, 0.15) is 5.82 Å². The van der Waals surface area contributed by atoms with Gasteiger partial charge >= 0.3 is 0 Å². The predicted octanol–water partition coefficient (Wildman–Crippen LogP) is 2.85. The van der Waals surface area contributed by atoms with Crippen molar-refractivity contribution in [1.82, 2.24) is 4.98 Å². The number of carbonyl (C=O) groups excluding carboxylic acids is 1. The molecule has 24 heavy (non-hydrogen) atoms. The molecule has 0 bridgehead atoms. The van der Waals surface area contributed by atoms with Crippen LogP contribution in [-0.4, -0.2) is 45.2 Å². The second kappa shape index (κ2) is 8.88. The predicted molar refractivity (Wildman–Crippen MR) is 97.9 cm³/mol. The molecule has 0 atom stereocenters. The van der Waals surface area contributed by atoms with Gasteiger partial charge in [-0.15, -0.1) is 0 Å². The highest BCUT2D eigenvalue weighted by atomic mass is 16.5. The first-order valence-electron chi connectivity index (χ1n) is 7.88. The molecule has 1 amide bonds. The average molecular weight is 328 g/mol. The Morgan fingerprint density at radius 3 is 2.50 bits per heavy atom. The molecule has 2 N–H and O–H groups in total. The van der Waals surface area contributed by atoms with Crippen LogP contribution in [-0.2, 0) is 4.74 Å². The van der Waals surface area contributed by atoms with Crippen molar-refractivity contribution in [3.63, 3.8) is 0 Å². The van der Waals surface area contributed by atoms with E-state index in [9.17, 15) is 4.79 Å². The highest BCUT2D eigenvalue weighted by molar-refractivity contribution is 6.04. The van der Waals surface area contributed by atoms with Crippen LogP contribution in [0.4, 0.5) is 17.2 Å². The Labute approximate surface area is 142 Å². The molecule has 0 aliphatic rings. The fourth-order valence-electron chi connectivity index (χ4n) is 2.11. The number of hydrogen-bond acceptors (Lipinski definition) is 5. The van der Waals surface area contributed by atoms with E-state index in [4.69, 9.17) is 4.74 Å². The van der Waals surface area contributed by atoms with Gasteiger partial charge in [-0.05, 0) is 42.8 Å². The lowest BCUT2D eigenvalue weighted by molar-refractivity contribution is 0.102. The van der Waals surface area contributed by atoms with Crippen LogP contribution in [0.1, 0.15) is 16.8 Å². The van der Waals surface area contributed by atoms with E-state index in [1.165, 1.54) is 0 Å². The van der Waals surface area contributed by atoms with Crippen LogP contribution in [0.15, 0.2) is 42.6 Å². The molecule has 0 spiro atoms. The standard InChI is InChI=1S/C18H24N4O2/c1-22(2)16-8-6-15(7-9-16)21-18(23)14-5-10-17(20-13-14)19-11-4-12-24-3/h5-10,13H,4,11-12H2,1-3H3,(H,19,20)(H,21,23). The van der Waals surface area contributed by atoms with Crippen LogP contribution in [0.3, 0.4) is 0 Å². The summed E-state index contributed by atoms with van der Waals surface area (Å²) in [4.78, 5) is 18.5. The topological polar surface area (TPSA) is 66.5 Å². The number of benzene rings is 1. The summed E-state index contributed by atoms with van der Waals surface area (Å²) in [5.41, 5.74) is 2.36. The molecule has 0 unspecified atom stereocenters. The van der Waals surface area contributed by atoms with E-state index >= 15 is 0 Å². The molecule has 0 saturated carbocycles. The molecule has 0 fully saturated rings. The van der Waals surface area contributed by atoms with Gasteiger partial charge in [0.2, 0.25) is 0 Å². The maximum atomic E-state index is 12.2. The van der Waals surface area contributed by atoms with E-state index in [2.05, 4.69) is 15.6 Å². The lowest BCUT2D eigenvalue weighted by Gasteiger charge is -2.13. The first-order valence-corrected chi connectivity index (χ1v) is 7.88. The van der Waals surface area contributed by atoms with Crippen LogP contribution in [0.5, 0.6) is 0 Å². The van der Waals surface area contributed by atoms with Gasteiger partial charge in [-0.2, -0.15) is 0 Å². The van der Waals surface area contributed by atoms with E-state index in [-0.39, 0.29) is 5.91 Å². The third-order valence-electron chi connectivity index (χ3n) is 3.50. The third kappa shape index (κ3) is 5.24. The van der Waals surface area contributed by atoms with E-state index in [1.54, 1.807) is 25.4 Å². The van der Waals surface area contributed by atoms with Crippen molar-refractivity contribution in [3.8, 4) is 0 Å². The molecular weight excluding hydrogens is 304 g/mol. The molecule has 0 aliphatic heterocycles. The Bertz CT molecular complexity index is 639. The summed E-state index contributed by atoms with van der Waals surface area (Å²) in [6, 6.07) is 11.2. The minimum atomic E-state index is -0.175. The molecule has 0 radical (unpaired) electrons. The number of rotatable bonds is 8. The van der Waals surface area contributed by atoms with Crippen molar-refractivity contribution in [2.75, 3.05) is 49.9 Å². The fraction of sp³-hybridized carbons (Fsp3) is 0.333. The Morgan fingerprint density at radius 2 is 1.92 bits per heavy atom. The third-order valence-corrected chi connectivity index (χ3v) is 3.50. The van der Waals surface area contributed by atoms with Crippen molar-refractivity contribution in [2.24, 2.45) is 0 Å². The number of anilines is 3. The minimum absolute atomic E-state index is 0.175. The number of pyridine rings is 1. The summed E-state index contributed by atoms with van der Waals surface area (Å²) in [5.74, 6) is 0.573. The van der Waals surface area contributed by atoms with Gasteiger partial charge in [-0.25, -0.2) is 4.98 Å². The Hall–Kier alpha value is -2.60. The van der Waals surface area contributed by atoms with Crippen molar-refractivity contribution in [1.29, 1.82) is 0 Å². The van der Waals surface area contributed by atoms with Gasteiger partial charge in [0.15, 0.2) is 0 Å². The maximum Gasteiger partial charge on any atom is 0.257 e. The Balaban J connectivity index is 1.90. The van der Waals surface area contributed by atoms with Crippen molar-refractivity contribution < 1.29 is 9.53 Å². The van der Waals surface area contributed by atoms with Gasteiger partial charge in [0, 0.05) is 51.9 Å². The number of hydrogen-bond donors (Lipinski definition) is 2. The normalized spacial score (nSPS) is 10.3. The average Bonchev–Trinajstić information content (AvgIpc) is 2.59. The minimum Gasteiger partial charge on any atom is -0.385 e. The van der Waals surface area contributed by atoms with E-state index < -0.39 is 0 Å².